The zero-order chi connectivity index (χ0) is 20.1. The van der Waals surface area contributed by atoms with Gasteiger partial charge >= 0.3 is 0 Å². The molecule has 0 amide bonds. The van der Waals surface area contributed by atoms with Gasteiger partial charge in [-0.3, -0.25) is 4.79 Å². The molecule has 1 N–H and O–H groups in total. The number of nitrogens with zero attached hydrogens (tertiary/aromatic N) is 1. The summed E-state index contributed by atoms with van der Waals surface area (Å²) in [4.78, 5) is 16.3. The summed E-state index contributed by atoms with van der Waals surface area (Å²) in [5.41, 5.74) is 1.82. The number of carbonyl (C=O) groups excluding carboxylic acids is 1. The number of thiocarbonyl (C=S) groups is 1. The first kappa shape index (κ1) is 20.8. The fraction of sp³-hybridized carbons (Fsp3) is 0.391. The molecule has 2 aromatic carbocycles. The Balaban J connectivity index is 1.77. The van der Waals surface area contributed by atoms with Crippen LogP contribution in [-0.4, -0.2) is 35.3 Å². The predicted molar refractivity (Wildman–Crippen MR) is 122 cm³/mol. The van der Waals surface area contributed by atoms with E-state index >= 15 is 0 Å². The molecule has 3 nitrogen and oxygen atoms in total. The van der Waals surface area contributed by atoms with Crippen LogP contribution in [0.1, 0.15) is 49.0 Å². The van der Waals surface area contributed by atoms with Gasteiger partial charge in [-0.1, -0.05) is 68.0 Å². The van der Waals surface area contributed by atoms with Gasteiger partial charge in [0.15, 0.2) is 5.78 Å². The molecule has 1 fully saturated rings. The lowest BCUT2D eigenvalue weighted by Gasteiger charge is -2.37. The number of likely N-dealkylation sites (tertiary alicyclic amines) is 1. The number of rotatable bonds is 6. The summed E-state index contributed by atoms with van der Waals surface area (Å²) in [5, 5.41) is 4.01. The van der Waals surface area contributed by atoms with Crippen molar-refractivity contribution in [3.63, 3.8) is 0 Å². The maximum atomic E-state index is 13.0. The number of carbonyl (C=O) groups is 1. The largest absolute Gasteiger partial charge is 0.383 e. The Morgan fingerprint density at radius 3 is 2.46 bits per heavy atom. The summed E-state index contributed by atoms with van der Waals surface area (Å²) in [5.74, 6) is -0.0398. The molecule has 0 unspecified atom stereocenters. The summed E-state index contributed by atoms with van der Waals surface area (Å²) in [6, 6.07) is 14.7. The van der Waals surface area contributed by atoms with Crippen LogP contribution in [0, 0.1) is 5.41 Å². The van der Waals surface area contributed by atoms with Crippen molar-refractivity contribution in [1.29, 1.82) is 0 Å². The molecule has 1 saturated heterocycles. The second-order valence-electron chi connectivity index (χ2n) is 7.98. The van der Waals surface area contributed by atoms with Gasteiger partial charge in [0.2, 0.25) is 0 Å². The van der Waals surface area contributed by atoms with Crippen LogP contribution < -0.4 is 5.32 Å². The average molecular weight is 415 g/mol. The van der Waals surface area contributed by atoms with Gasteiger partial charge in [-0.05, 0) is 37.5 Å². The van der Waals surface area contributed by atoms with Crippen LogP contribution >= 0.6 is 23.8 Å². The van der Waals surface area contributed by atoms with Crippen molar-refractivity contribution >= 4 is 40.3 Å². The van der Waals surface area contributed by atoms with Crippen molar-refractivity contribution in [3.8, 4) is 0 Å². The summed E-state index contributed by atoms with van der Waals surface area (Å²) >= 11 is 12.0. The van der Waals surface area contributed by atoms with Gasteiger partial charge in [0.25, 0.3) is 0 Å². The lowest BCUT2D eigenvalue weighted by atomic mass is 9.91. The van der Waals surface area contributed by atoms with Gasteiger partial charge in [0.1, 0.15) is 0 Å². The van der Waals surface area contributed by atoms with Crippen molar-refractivity contribution in [3.05, 3.63) is 64.7 Å². The van der Waals surface area contributed by atoms with Gasteiger partial charge in [0, 0.05) is 46.9 Å². The highest BCUT2D eigenvalue weighted by molar-refractivity contribution is 7.80. The van der Waals surface area contributed by atoms with Gasteiger partial charge in [-0.2, -0.15) is 0 Å². The van der Waals surface area contributed by atoms with Crippen LogP contribution in [-0.2, 0) is 0 Å². The van der Waals surface area contributed by atoms with E-state index < -0.39 is 0 Å². The lowest BCUT2D eigenvalue weighted by molar-refractivity contribution is 0.103. The third kappa shape index (κ3) is 4.92. The van der Waals surface area contributed by atoms with E-state index in [0.29, 0.717) is 22.7 Å². The van der Waals surface area contributed by atoms with Crippen LogP contribution in [0.15, 0.2) is 48.5 Å². The molecule has 3 rings (SSSR count). The van der Waals surface area contributed by atoms with E-state index in [1.807, 2.05) is 42.5 Å². The number of benzene rings is 2. The first-order valence-corrected chi connectivity index (χ1v) is 10.6. The quantitative estimate of drug-likeness (QED) is 0.476. The van der Waals surface area contributed by atoms with Crippen LogP contribution in [0.25, 0.3) is 0 Å². The zero-order valence-corrected chi connectivity index (χ0v) is 18.1. The molecular formula is C23H27ClN2OS. The Morgan fingerprint density at radius 1 is 1.11 bits per heavy atom. The third-order valence-corrected chi connectivity index (χ3v) is 6.25. The SMILES string of the molecule is CC(C)(CNc1ccc(Cl)cc1C(=O)c1ccccc1)C(=S)N1CCCCC1. The summed E-state index contributed by atoms with van der Waals surface area (Å²) in [6.07, 6.45) is 3.70. The predicted octanol–water partition coefficient (Wildman–Crippen LogP) is 5.82. The van der Waals surface area contributed by atoms with Crippen LogP contribution in [0.2, 0.25) is 5.02 Å². The topological polar surface area (TPSA) is 32.3 Å². The average Bonchev–Trinajstić information content (AvgIpc) is 2.73. The van der Waals surface area contributed by atoms with Gasteiger partial charge in [-0.15, -0.1) is 0 Å². The van der Waals surface area contributed by atoms with Crippen molar-refractivity contribution in [2.45, 2.75) is 33.1 Å². The minimum atomic E-state index is -0.195. The van der Waals surface area contributed by atoms with E-state index in [2.05, 4.69) is 24.1 Å². The summed E-state index contributed by atoms with van der Waals surface area (Å²) in [7, 11) is 0. The fourth-order valence-corrected chi connectivity index (χ4v) is 3.95. The molecule has 2 aromatic rings. The molecule has 1 heterocycles. The minimum Gasteiger partial charge on any atom is -0.383 e. The second kappa shape index (κ2) is 9.06. The normalized spacial score (nSPS) is 14.6. The number of anilines is 1. The molecule has 148 valence electrons. The van der Waals surface area contributed by atoms with E-state index in [1.54, 1.807) is 6.07 Å². The van der Waals surface area contributed by atoms with Gasteiger partial charge in [0.05, 0.1) is 4.99 Å². The Morgan fingerprint density at radius 2 is 1.79 bits per heavy atom. The van der Waals surface area contributed by atoms with Crippen molar-refractivity contribution in [2.75, 3.05) is 25.0 Å². The Bertz CT molecular complexity index is 845. The van der Waals surface area contributed by atoms with Crippen LogP contribution in [0.4, 0.5) is 5.69 Å². The van der Waals surface area contributed by atoms with Crippen molar-refractivity contribution in [2.24, 2.45) is 5.41 Å². The monoisotopic (exact) mass is 414 g/mol. The highest BCUT2D eigenvalue weighted by atomic mass is 35.5. The van der Waals surface area contributed by atoms with Crippen LogP contribution in [0.5, 0.6) is 0 Å². The number of hydrogen-bond donors (Lipinski definition) is 1. The first-order chi connectivity index (χ1) is 13.4. The molecule has 0 radical (unpaired) electrons. The molecule has 0 bridgehead atoms. The standard InChI is InChI=1S/C23H27ClN2OS/c1-23(2,22(28)26-13-7-4-8-14-26)16-25-20-12-11-18(24)15-19(20)21(27)17-9-5-3-6-10-17/h3,5-6,9-12,15,25H,4,7-8,13-14,16H2,1-2H3. The molecule has 0 atom stereocenters. The maximum Gasteiger partial charge on any atom is 0.195 e. The Kier molecular flexibility index (Phi) is 6.73. The van der Waals surface area contributed by atoms with E-state index in [4.69, 9.17) is 23.8 Å². The fourth-order valence-electron chi connectivity index (χ4n) is 3.52. The lowest BCUT2D eigenvalue weighted by Crippen LogP contribution is -2.45. The van der Waals surface area contributed by atoms with E-state index in [9.17, 15) is 4.79 Å². The highest BCUT2D eigenvalue weighted by Gasteiger charge is 2.29. The third-order valence-electron chi connectivity index (χ3n) is 5.21. The molecule has 0 spiro atoms. The first-order valence-electron chi connectivity index (χ1n) is 9.81. The maximum absolute atomic E-state index is 13.0. The molecule has 1 aliphatic heterocycles. The molecule has 28 heavy (non-hydrogen) atoms. The molecule has 1 aliphatic rings. The van der Waals surface area contributed by atoms with E-state index in [0.717, 1.165) is 23.8 Å². The summed E-state index contributed by atoms with van der Waals surface area (Å²) < 4.78 is 0. The Hall–Kier alpha value is -1.91. The van der Waals surface area contributed by atoms with Crippen LogP contribution in [0.3, 0.4) is 0 Å². The number of hydrogen-bond acceptors (Lipinski definition) is 3. The van der Waals surface area contributed by atoms with Crippen molar-refractivity contribution in [1.82, 2.24) is 4.90 Å². The smallest absolute Gasteiger partial charge is 0.195 e. The number of piperidine rings is 1. The molecule has 5 heteroatoms. The van der Waals surface area contributed by atoms with Gasteiger partial charge in [-0.25, -0.2) is 0 Å². The van der Waals surface area contributed by atoms with E-state index in [1.165, 1.54) is 19.3 Å². The second-order valence-corrected chi connectivity index (χ2v) is 8.80. The number of halogens is 1. The Labute approximate surface area is 178 Å². The van der Waals surface area contributed by atoms with Crippen molar-refractivity contribution < 1.29 is 4.79 Å². The highest BCUT2D eigenvalue weighted by Crippen LogP contribution is 2.28. The minimum absolute atomic E-state index is 0.0398. The number of nitrogens with one attached hydrogen (secondary N) is 1. The molecule has 0 aliphatic carbocycles. The molecular weight excluding hydrogens is 388 g/mol. The zero-order valence-electron chi connectivity index (χ0n) is 16.5. The number of ketones is 1. The summed E-state index contributed by atoms with van der Waals surface area (Å²) in [6.45, 7) is 7.05. The molecule has 0 aromatic heterocycles. The van der Waals surface area contributed by atoms with E-state index in [-0.39, 0.29) is 11.2 Å². The van der Waals surface area contributed by atoms with Gasteiger partial charge < -0.3 is 10.2 Å². The molecule has 0 saturated carbocycles.